The van der Waals surface area contributed by atoms with Crippen LogP contribution in [0.2, 0.25) is 0 Å². The molecule has 5 heteroatoms. The third kappa shape index (κ3) is 4.08. The maximum absolute atomic E-state index is 12.4. The molecule has 0 saturated heterocycles. The molecular weight excluding hydrogens is 300 g/mol. The third-order valence-electron chi connectivity index (χ3n) is 3.17. The van der Waals surface area contributed by atoms with Gasteiger partial charge in [0.15, 0.2) is 4.34 Å². The second kappa shape index (κ2) is 6.62. The van der Waals surface area contributed by atoms with E-state index in [0.29, 0.717) is 0 Å². The molecule has 1 amide bonds. The minimum Gasteiger partial charge on any atom is -0.325 e. The molecule has 2 rings (SSSR count). The van der Waals surface area contributed by atoms with Crippen molar-refractivity contribution in [3.63, 3.8) is 0 Å². The number of thiazole rings is 1. The molecule has 1 N–H and O–H groups in total. The minimum absolute atomic E-state index is 0.0166. The lowest BCUT2D eigenvalue weighted by Gasteiger charge is -2.15. The molecule has 1 heterocycles. The smallest absolute Gasteiger partial charge is 0.237 e. The van der Waals surface area contributed by atoms with Crippen molar-refractivity contribution in [2.24, 2.45) is 0 Å². The number of thioether (sulfide) groups is 1. The molecule has 112 valence electrons. The predicted octanol–water partition coefficient (Wildman–Crippen LogP) is 4.50. The standard InChI is InChI=1S/C16H20N2OS2/c1-9-6-10(2)14(11(3)7-9)18-15(19)13(5)21-16-17-12(4)8-20-16/h6-8,13H,1-5H3,(H,18,19). The Balaban J connectivity index is 2.07. The number of rotatable bonds is 4. The molecule has 2 aromatic rings. The van der Waals surface area contributed by atoms with Crippen LogP contribution in [0.3, 0.4) is 0 Å². The summed E-state index contributed by atoms with van der Waals surface area (Å²) in [6, 6.07) is 4.18. The Morgan fingerprint density at radius 1 is 1.24 bits per heavy atom. The van der Waals surface area contributed by atoms with Gasteiger partial charge in [-0.2, -0.15) is 0 Å². The summed E-state index contributed by atoms with van der Waals surface area (Å²) in [6.45, 7) is 9.99. The Kier molecular flexibility index (Phi) is 5.06. The normalized spacial score (nSPS) is 12.2. The summed E-state index contributed by atoms with van der Waals surface area (Å²) in [6.07, 6.45) is 0. The summed E-state index contributed by atoms with van der Waals surface area (Å²) >= 11 is 3.08. The van der Waals surface area contributed by atoms with Crippen LogP contribution in [0.5, 0.6) is 0 Å². The largest absolute Gasteiger partial charge is 0.325 e. The average molecular weight is 320 g/mol. The van der Waals surface area contributed by atoms with Crippen molar-refractivity contribution in [3.8, 4) is 0 Å². The number of carbonyl (C=O) groups excluding carboxylic acids is 1. The van der Waals surface area contributed by atoms with Crippen molar-refractivity contribution in [3.05, 3.63) is 39.9 Å². The van der Waals surface area contributed by atoms with Crippen LogP contribution in [-0.2, 0) is 4.79 Å². The number of anilines is 1. The van der Waals surface area contributed by atoms with Crippen LogP contribution in [0.15, 0.2) is 21.9 Å². The highest BCUT2D eigenvalue weighted by molar-refractivity contribution is 8.02. The van der Waals surface area contributed by atoms with Crippen molar-refractivity contribution in [1.82, 2.24) is 4.98 Å². The van der Waals surface area contributed by atoms with Crippen LogP contribution in [0.4, 0.5) is 5.69 Å². The molecular formula is C16H20N2OS2. The Hall–Kier alpha value is -1.33. The quantitative estimate of drug-likeness (QED) is 0.844. The van der Waals surface area contributed by atoms with E-state index in [1.165, 1.54) is 17.3 Å². The van der Waals surface area contributed by atoms with Gasteiger partial charge in [0.25, 0.3) is 0 Å². The van der Waals surface area contributed by atoms with Gasteiger partial charge in [0.2, 0.25) is 5.91 Å². The summed E-state index contributed by atoms with van der Waals surface area (Å²) in [5.74, 6) is 0.0166. The SMILES string of the molecule is Cc1cc(C)c(NC(=O)C(C)Sc2nc(C)cs2)c(C)c1. The second-order valence-electron chi connectivity index (χ2n) is 5.28. The summed E-state index contributed by atoms with van der Waals surface area (Å²) < 4.78 is 0.938. The zero-order valence-corrected chi connectivity index (χ0v) is 14.6. The molecule has 21 heavy (non-hydrogen) atoms. The minimum atomic E-state index is -0.171. The molecule has 0 aliphatic heterocycles. The van der Waals surface area contributed by atoms with Gasteiger partial charge in [-0.15, -0.1) is 11.3 Å². The van der Waals surface area contributed by atoms with Gasteiger partial charge in [-0.1, -0.05) is 29.5 Å². The molecule has 1 unspecified atom stereocenters. The lowest BCUT2D eigenvalue weighted by molar-refractivity contribution is -0.115. The van der Waals surface area contributed by atoms with Crippen LogP contribution in [0.1, 0.15) is 29.3 Å². The molecule has 1 aromatic carbocycles. The van der Waals surface area contributed by atoms with E-state index in [2.05, 4.69) is 29.4 Å². The lowest BCUT2D eigenvalue weighted by atomic mass is 10.1. The van der Waals surface area contributed by atoms with Gasteiger partial charge in [0.1, 0.15) is 0 Å². The first-order valence-corrected chi connectivity index (χ1v) is 8.60. The number of amides is 1. The number of hydrogen-bond donors (Lipinski definition) is 1. The first-order valence-electron chi connectivity index (χ1n) is 6.84. The average Bonchev–Trinajstić information content (AvgIpc) is 2.78. The highest BCUT2D eigenvalue weighted by Crippen LogP contribution is 2.28. The van der Waals surface area contributed by atoms with E-state index in [0.717, 1.165) is 26.8 Å². The maximum atomic E-state index is 12.4. The number of aromatic nitrogens is 1. The molecule has 0 radical (unpaired) electrons. The van der Waals surface area contributed by atoms with Crippen molar-refractivity contribution >= 4 is 34.7 Å². The van der Waals surface area contributed by atoms with Gasteiger partial charge >= 0.3 is 0 Å². The maximum Gasteiger partial charge on any atom is 0.237 e. The summed E-state index contributed by atoms with van der Waals surface area (Å²) in [7, 11) is 0. The lowest BCUT2D eigenvalue weighted by Crippen LogP contribution is -2.23. The van der Waals surface area contributed by atoms with E-state index in [9.17, 15) is 4.79 Å². The molecule has 0 bridgehead atoms. The summed E-state index contributed by atoms with van der Waals surface area (Å²) in [4.78, 5) is 16.7. The molecule has 3 nitrogen and oxygen atoms in total. The molecule has 0 aliphatic carbocycles. The first-order chi connectivity index (χ1) is 9.86. The topological polar surface area (TPSA) is 42.0 Å². The van der Waals surface area contributed by atoms with Crippen molar-refractivity contribution < 1.29 is 4.79 Å². The van der Waals surface area contributed by atoms with Gasteiger partial charge in [0.05, 0.1) is 5.25 Å². The Labute approximate surface area is 134 Å². The Morgan fingerprint density at radius 2 is 1.86 bits per heavy atom. The fourth-order valence-corrected chi connectivity index (χ4v) is 4.18. The fourth-order valence-electron chi connectivity index (χ4n) is 2.19. The number of nitrogens with one attached hydrogen (secondary N) is 1. The summed E-state index contributed by atoms with van der Waals surface area (Å²) in [5.41, 5.74) is 5.34. The second-order valence-corrected chi connectivity index (χ2v) is 7.72. The monoisotopic (exact) mass is 320 g/mol. The number of aryl methyl sites for hydroxylation is 4. The summed E-state index contributed by atoms with van der Waals surface area (Å²) in [5, 5.41) is 4.88. The van der Waals surface area contributed by atoms with E-state index < -0.39 is 0 Å². The van der Waals surface area contributed by atoms with Gasteiger partial charge in [0, 0.05) is 16.8 Å². The van der Waals surface area contributed by atoms with E-state index in [4.69, 9.17) is 0 Å². The number of carbonyl (C=O) groups is 1. The number of hydrogen-bond acceptors (Lipinski definition) is 4. The molecule has 0 spiro atoms. The van der Waals surface area contributed by atoms with E-state index in [-0.39, 0.29) is 11.2 Å². The van der Waals surface area contributed by atoms with Crippen molar-refractivity contribution in [1.29, 1.82) is 0 Å². The number of benzene rings is 1. The van der Waals surface area contributed by atoms with E-state index in [1.54, 1.807) is 11.3 Å². The van der Waals surface area contributed by atoms with Crippen LogP contribution in [-0.4, -0.2) is 16.1 Å². The molecule has 0 aliphatic rings. The highest BCUT2D eigenvalue weighted by atomic mass is 32.2. The fraction of sp³-hybridized carbons (Fsp3) is 0.375. The van der Waals surface area contributed by atoms with E-state index >= 15 is 0 Å². The Bertz CT molecular complexity index is 641. The zero-order chi connectivity index (χ0) is 15.6. The highest BCUT2D eigenvalue weighted by Gasteiger charge is 2.17. The van der Waals surface area contributed by atoms with E-state index in [1.807, 2.05) is 33.1 Å². The zero-order valence-electron chi connectivity index (χ0n) is 13.0. The van der Waals surface area contributed by atoms with Crippen LogP contribution < -0.4 is 5.32 Å². The molecule has 1 aromatic heterocycles. The van der Waals surface area contributed by atoms with Crippen LogP contribution in [0.25, 0.3) is 0 Å². The van der Waals surface area contributed by atoms with Gasteiger partial charge in [-0.25, -0.2) is 4.98 Å². The number of nitrogens with zero attached hydrogens (tertiary/aromatic N) is 1. The van der Waals surface area contributed by atoms with Crippen molar-refractivity contribution in [2.45, 2.75) is 44.2 Å². The van der Waals surface area contributed by atoms with Gasteiger partial charge in [-0.3, -0.25) is 4.79 Å². The van der Waals surface area contributed by atoms with Crippen molar-refractivity contribution in [2.75, 3.05) is 5.32 Å². The van der Waals surface area contributed by atoms with Gasteiger partial charge < -0.3 is 5.32 Å². The van der Waals surface area contributed by atoms with Crippen LogP contribution in [0, 0.1) is 27.7 Å². The first kappa shape index (κ1) is 16.0. The molecule has 0 fully saturated rings. The van der Waals surface area contributed by atoms with Crippen LogP contribution >= 0.6 is 23.1 Å². The molecule has 0 saturated carbocycles. The third-order valence-corrected chi connectivity index (χ3v) is 5.36. The molecule has 1 atom stereocenters. The van der Waals surface area contributed by atoms with Gasteiger partial charge in [-0.05, 0) is 45.7 Å². The Morgan fingerprint density at radius 3 is 2.38 bits per heavy atom. The predicted molar refractivity (Wildman–Crippen MR) is 91.5 cm³/mol.